The first-order valence-electron chi connectivity index (χ1n) is 4.47. The molecule has 2 aromatic rings. The van der Waals surface area contributed by atoms with Crippen LogP contribution in [0.3, 0.4) is 0 Å². The van der Waals surface area contributed by atoms with E-state index in [2.05, 4.69) is 4.98 Å². The van der Waals surface area contributed by atoms with Gasteiger partial charge < -0.3 is 4.74 Å². The monoisotopic (exact) mass is 202 g/mol. The van der Waals surface area contributed by atoms with Gasteiger partial charge in [-0.25, -0.2) is 4.98 Å². The number of hydrogen-bond donors (Lipinski definition) is 0. The number of carbonyl (C=O) groups excluding carboxylic acids is 1. The first kappa shape index (κ1) is 9.45. The van der Waals surface area contributed by atoms with Crippen LogP contribution in [0, 0.1) is 0 Å². The van der Waals surface area contributed by atoms with Crippen molar-refractivity contribution in [3.63, 3.8) is 0 Å². The van der Waals surface area contributed by atoms with E-state index >= 15 is 0 Å². The van der Waals surface area contributed by atoms with Crippen molar-refractivity contribution in [1.29, 1.82) is 0 Å². The SMILES string of the molecule is COc1ccccc1-n1cncc1C=O. The van der Waals surface area contributed by atoms with Crippen molar-refractivity contribution < 1.29 is 9.53 Å². The first-order chi connectivity index (χ1) is 7.36. The van der Waals surface area contributed by atoms with E-state index in [4.69, 9.17) is 4.74 Å². The number of carbonyl (C=O) groups is 1. The molecule has 0 bridgehead atoms. The molecular weight excluding hydrogens is 192 g/mol. The molecule has 0 radical (unpaired) electrons. The van der Waals surface area contributed by atoms with Crippen LogP contribution in [0.1, 0.15) is 10.5 Å². The van der Waals surface area contributed by atoms with Crippen molar-refractivity contribution in [3.05, 3.63) is 42.5 Å². The Kier molecular flexibility index (Phi) is 2.49. The van der Waals surface area contributed by atoms with Crippen LogP contribution >= 0.6 is 0 Å². The second kappa shape index (κ2) is 3.96. The molecule has 0 atom stereocenters. The van der Waals surface area contributed by atoms with E-state index in [0.29, 0.717) is 11.4 Å². The second-order valence-corrected chi connectivity index (χ2v) is 2.98. The summed E-state index contributed by atoms with van der Waals surface area (Å²) in [6, 6.07) is 7.46. The van der Waals surface area contributed by atoms with Crippen LogP contribution in [0.5, 0.6) is 5.75 Å². The van der Waals surface area contributed by atoms with E-state index in [1.807, 2.05) is 24.3 Å². The Labute approximate surface area is 87.1 Å². The molecule has 2 rings (SSSR count). The van der Waals surface area contributed by atoms with Gasteiger partial charge in [0.2, 0.25) is 0 Å². The second-order valence-electron chi connectivity index (χ2n) is 2.98. The number of imidazole rings is 1. The number of aromatic nitrogens is 2. The van der Waals surface area contributed by atoms with Gasteiger partial charge in [0.05, 0.1) is 25.3 Å². The van der Waals surface area contributed by atoms with Gasteiger partial charge in [0, 0.05) is 0 Å². The molecule has 0 saturated heterocycles. The van der Waals surface area contributed by atoms with Crippen molar-refractivity contribution in [3.8, 4) is 11.4 Å². The van der Waals surface area contributed by atoms with E-state index < -0.39 is 0 Å². The third-order valence-electron chi connectivity index (χ3n) is 2.13. The third kappa shape index (κ3) is 1.61. The molecule has 0 aliphatic heterocycles. The van der Waals surface area contributed by atoms with Gasteiger partial charge in [0.1, 0.15) is 11.4 Å². The molecule has 4 heteroatoms. The Balaban J connectivity index is 2.58. The number of rotatable bonds is 3. The Morgan fingerprint density at radius 3 is 2.93 bits per heavy atom. The smallest absolute Gasteiger partial charge is 0.168 e. The summed E-state index contributed by atoms with van der Waals surface area (Å²) in [5.41, 5.74) is 1.30. The fourth-order valence-corrected chi connectivity index (χ4v) is 1.42. The molecule has 15 heavy (non-hydrogen) atoms. The van der Waals surface area contributed by atoms with Gasteiger partial charge in [-0.1, -0.05) is 12.1 Å². The van der Waals surface area contributed by atoms with Crippen molar-refractivity contribution in [2.24, 2.45) is 0 Å². The summed E-state index contributed by atoms with van der Waals surface area (Å²) in [5.74, 6) is 0.707. The van der Waals surface area contributed by atoms with Gasteiger partial charge in [0.25, 0.3) is 0 Å². The molecule has 0 amide bonds. The van der Waals surface area contributed by atoms with E-state index in [1.165, 1.54) is 6.20 Å². The summed E-state index contributed by atoms with van der Waals surface area (Å²) in [6.07, 6.45) is 3.86. The molecule has 1 heterocycles. The van der Waals surface area contributed by atoms with Gasteiger partial charge in [-0.05, 0) is 12.1 Å². The number of nitrogens with zero attached hydrogens (tertiary/aromatic N) is 2. The van der Waals surface area contributed by atoms with Crippen LogP contribution in [0.2, 0.25) is 0 Å². The highest BCUT2D eigenvalue weighted by Gasteiger charge is 2.07. The first-order valence-corrected chi connectivity index (χ1v) is 4.47. The van der Waals surface area contributed by atoms with Gasteiger partial charge >= 0.3 is 0 Å². The standard InChI is InChI=1S/C11H10N2O2/c1-15-11-5-3-2-4-10(11)13-8-12-6-9(13)7-14/h2-8H,1H3. The lowest BCUT2D eigenvalue weighted by Gasteiger charge is -2.09. The van der Waals surface area contributed by atoms with Crippen molar-refractivity contribution in [1.82, 2.24) is 9.55 Å². The van der Waals surface area contributed by atoms with E-state index in [-0.39, 0.29) is 0 Å². The van der Waals surface area contributed by atoms with Crippen LogP contribution in [0.15, 0.2) is 36.8 Å². The fraction of sp³-hybridized carbons (Fsp3) is 0.0909. The van der Waals surface area contributed by atoms with Gasteiger partial charge in [-0.2, -0.15) is 0 Å². The molecule has 0 saturated carbocycles. The van der Waals surface area contributed by atoms with Gasteiger partial charge in [-0.3, -0.25) is 9.36 Å². The zero-order valence-electron chi connectivity index (χ0n) is 8.25. The topological polar surface area (TPSA) is 44.1 Å². The Morgan fingerprint density at radius 2 is 2.20 bits per heavy atom. The average molecular weight is 202 g/mol. The van der Waals surface area contributed by atoms with E-state index in [1.54, 1.807) is 18.0 Å². The van der Waals surface area contributed by atoms with Crippen molar-refractivity contribution >= 4 is 6.29 Å². The molecule has 4 nitrogen and oxygen atoms in total. The zero-order chi connectivity index (χ0) is 10.7. The maximum atomic E-state index is 10.8. The Bertz CT molecular complexity index is 477. The average Bonchev–Trinajstić information content (AvgIpc) is 2.76. The third-order valence-corrected chi connectivity index (χ3v) is 2.13. The predicted molar refractivity (Wildman–Crippen MR) is 55.5 cm³/mol. The number of benzene rings is 1. The van der Waals surface area contributed by atoms with Crippen LogP contribution in [-0.2, 0) is 0 Å². The number of aldehydes is 1. The summed E-state index contributed by atoms with van der Waals surface area (Å²) >= 11 is 0. The molecule has 0 aliphatic rings. The molecule has 0 N–H and O–H groups in total. The summed E-state index contributed by atoms with van der Waals surface area (Å²) in [6.45, 7) is 0. The summed E-state index contributed by atoms with van der Waals surface area (Å²) in [7, 11) is 1.59. The maximum Gasteiger partial charge on any atom is 0.168 e. The van der Waals surface area contributed by atoms with Crippen LogP contribution in [0.4, 0.5) is 0 Å². The summed E-state index contributed by atoms with van der Waals surface area (Å²) < 4.78 is 6.89. The minimum Gasteiger partial charge on any atom is -0.495 e. The van der Waals surface area contributed by atoms with Gasteiger partial charge in [0.15, 0.2) is 6.29 Å². The minimum absolute atomic E-state index is 0.500. The molecule has 1 aromatic heterocycles. The quantitative estimate of drug-likeness (QED) is 0.711. The highest BCUT2D eigenvalue weighted by atomic mass is 16.5. The number of ether oxygens (including phenoxy) is 1. The molecule has 0 fully saturated rings. The van der Waals surface area contributed by atoms with Crippen molar-refractivity contribution in [2.45, 2.75) is 0 Å². The number of hydrogen-bond acceptors (Lipinski definition) is 3. The molecular formula is C11H10N2O2. The molecule has 1 aromatic carbocycles. The summed E-state index contributed by atoms with van der Waals surface area (Å²) in [5, 5.41) is 0. The Morgan fingerprint density at radius 1 is 1.40 bits per heavy atom. The van der Waals surface area contributed by atoms with Crippen molar-refractivity contribution in [2.75, 3.05) is 7.11 Å². The lowest BCUT2D eigenvalue weighted by molar-refractivity contribution is 0.111. The van der Waals surface area contributed by atoms with E-state index in [0.717, 1.165) is 12.0 Å². The molecule has 76 valence electrons. The lowest BCUT2D eigenvalue weighted by Crippen LogP contribution is -2.00. The molecule has 0 spiro atoms. The highest BCUT2D eigenvalue weighted by molar-refractivity contribution is 5.73. The Hall–Kier alpha value is -2.10. The van der Waals surface area contributed by atoms with E-state index in [9.17, 15) is 4.79 Å². The van der Waals surface area contributed by atoms with Crippen LogP contribution in [0.25, 0.3) is 5.69 Å². The predicted octanol–water partition coefficient (Wildman–Crippen LogP) is 1.69. The maximum absolute atomic E-state index is 10.8. The normalized spacial score (nSPS) is 9.93. The highest BCUT2D eigenvalue weighted by Crippen LogP contribution is 2.22. The zero-order valence-corrected chi connectivity index (χ0v) is 8.25. The summed E-state index contributed by atoms with van der Waals surface area (Å²) in [4.78, 5) is 14.7. The lowest BCUT2D eigenvalue weighted by atomic mass is 10.3. The molecule has 0 aliphatic carbocycles. The molecule has 0 unspecified atom stereocenters. The van der Waals surface area contributed by atoms with Crippen LogP contribution < -0.4 is 4.74 Å². The fourth-order valence-electron chi connectivity index (χ4n) is 1.42. The van der Waals surface area contributed by atoms with Gasteiger partial charge in [-0.15, -0.1) is 0 Å². The number of para-hydroxylation sites is 2. The van der Waals surface area contributed by atoms with Crippen LogP contribution in [-0.4, -0.2) is 22.9 Å². The largest absolute Gasteiger partial charge is 0.495 e. The minimum atomic E-state index is 0.500. The number of methoxy groups -OCH3 is 1.